The van der Waals surface area contributed by atoms with Crippen LogP contribution in [0.3, 0.4) is 0 Å². The maximum Gasteiger partial charge on any atom is 0.332 e. The number of methoxy groups -OCH3 is 1. The molecule has 0 N–H and O–H groups in total. The van der Waals surface area contributed by atoms with E-state index in [2.05, 4.69) is 0 Å². The van der Waals surface area contributed by atoms with Gasteiger partial charge < -0.3 is 52.1 Å². The lowest BCUT2D eigenvalue weighted by Crippen LogP contribution is -2.45. The quantitative estimate of drug-likeness (QED) is 0.178. The average Bonchev–Trinajstić information content (AvgIpc) is 3.40. The van der Waals surface area contributed by atoms with Gasteiger partial charge in [-0.2, -0.15) is 0 Å². The molecule has 0 radical (unpaired) electrons. The van der Waals surface area contributed by atoms with Gasteiger partial charge in [-0.25, -0.2) is 4.79 Å². The average molecular weight is 509 g/mol. The second-order valence-corrected chi connectivity index (χ2v) is 9.35. The zero-order valence-corrected chi connectivity index (χ0v) is 21.5. The van der Waals surface area contributed by atoms with E-state index in [4.69, 9.17) is 52.1 Å². The third-order valence-corrected chi connectivity index (χ3v) is 5.50. The van der Waals surface area contributed by atoms with Crippen LogP contribution in [0.5, 0.6) is 0 Å². The van der Waals surface area contributed by atoms with Crippen molar-refractivity contribution < 1.29 is 56.9 Å². The zero-order chi connectivity index (χ0) is 25.5. The van der Waals surface area contributed by atoms with Crippen molar-refractivity contribution in [1.29, 1.82) is 0 Å². The smallest absolute Gasteiger partial charge is 0.332 e. The maximum atomic E-state index is 11.8. The second kappa shape index (κ2) is 13.0. The van der Waals surface area contributed by atoms with Gasteiger partial charge in [0.25, 0.3) is 0 Å². The summed E-state index contributed by atoms with van der Waals surface area (Å²) in [7, 11) is 1.60. The van der Waals surface area contributed by atoms with E-state index in [1.807, 2.05) is 27.7 Å². The van der Waals surface area contributed by atoms with Crippen LogP contribution in [0.4, 0.5) is 0 Å². The summed E-state index contributed by atoms with van der Waals surface area (Å²) in [4.78, 5) is 11.8. The van der Waals surface area contributed by atoms with Gasteiger partial charge in [0.05, 0.1) is 39.6 Å². The van der Waals surface area contributed by atoms with Crippen molar-refractivity contribution in [3.8, 4) is 0 Å². The molecule has 0 amide bonds. The first-order valence-electron chi connectivity index (χ1n) is 12.0. The number of carbonyl (C=O) groups is 1. The van der Waals surface area contributed by atoms with Gasteiger partial charge in [-0.3, -0.25) is 0 Å². The van der Waals surface area contributed by atoms with Crippen LogP contribution in [-0.2, 0) is 56.9 Å². The number of esters is 1. The van der Waals surface area contributed by atoms with Gasteiger partial charge >= 0.3 is 5.97 Å². The van der Waals surface area contributed by atoms with Crippen molar-refractivity contribution >= 4 is 5.97 Å². The zero-order valence-electron chi connectivity index (χ0n) is 21.5. The Morgan fingerprint density at radius 3 is 2.37 bits per heavy atom. The van der Waals surface area contributed by atoms with E-state index in [0.717, 1.165) is 0 Å². The minimum absolute atomic E-state index is 0.0668. The highest BCUT2D eigenvalue weighted by Gasteiger charge is 2.59. The molecule has 0 saturated carbocycles. The molecule has 35 heavy (non-hydrogen) atoms. The van der Waals surface area contributed by atoms with Gasteiger partial charge in [0.1, 0.15) is 37.6 Å². The Labute approximate surface area is 206 Å². The number of fused-ring (bicyclic) bond motifs is 1. The Kier molecular flexibility index (Phi) is 10.7. The number of rotatable bonds is 15. The highest BCUT2D eigenvalue weighted by atomic mass is 16.9. The summed E-state index contributed by atoms with van der Waals surface area (Å²) in [5.74, 6) is -1.97. The van der Waals surface area contributed by atoms with Crippen LogP contribution in [0.15, 0.2) is 0 Å². The fourth-order valence-electron chi connectivity index (χ4n) is 4.03. The predicted molar refractivity (Wildman–Crippen MR) is 118 cm³/mol. The molecular weight excluding hydrogens is 468 g/mol. The normalized spacial score (nSPS) is 32.0. The van der Waals surface area contributed by atoms with Gasteiger partial charge in [0.2, 0.25) is 0 Å². The summed E-state index contributed by atoms with van der Waals surface area (Å²) in [6.07, 6.45) is -2.93. The summed E-state index contributed by atoms with van der Waals surface area (Å²) in [6.45, 7) is 11.2. The van der Waals surface area contributed by atoms with E-state index in [9.17, 15) is 4.79 Å². The predicted octanol–water partition coefficient (Wildman–Crippen LogP) is 0.985. The first kappa shape index (κ1) is 28.6. The first-order chi connectivity index (χ1) is 16.6. The number of hydrogen-bond acceptors (Lipinski definition) is 12. The molecule has 2 unspecified atom stereocenters. The van der Waals surface area contributed by atoms with Gasteiger partial charge in [-0.05, 0) is 34.6 Å². The topological polar surface area (TPSA) is 119 Å². The van der Waals surface area contributed by atoms with Crippen molar-refractivity contribution in [2.75, 3.05) is 60.0 Å². The maximum absolute atomic E-state index is 11.8. The Bertz CT molecular complexity index is 656. The monoisotopic (exact) mass is 508 g/mol. The molecular formula is C23H40O12. The summed E-state index contributed by atoms with van der Waals surface area (Å²) in [5, 5.41) is 0. The van der Waals surface area contributed by atoms with Gasteiger partial charge in [-0.15, -0.1) is 0 Å². The van der Waals surface area contributed by atoms with Crippen LogP contribution in [0.2, 0.25) is 0 Å². The van der Waals surface area contributed by atoms with E-state index in [1.54, 1.807) is 14.0 Å². The van der Waals surface area contributed by atoms with E-state index in [-0.39, 0.29) is 25.9 Å². The molecule has 3 fully saturated rings. The molecule has 0 spiro atoms. The molecule has 3 heterocycles. The fraction of sp³-hybridized carbons (Fsp3) is 0.957. The summed E-state index contributed by atoms with van der Waals surface area (Å²) in [6, 6.07) is 0. The van der Waals surface area contributed by atoms with E-state index in [0.29, 0.717) is 33.0 Å². The minimum Gasteiger partial charge on any atom is -0.462 e. The van der Waals surface area contributed by atoms with Gasteiger partial charge in [0, 0.05) is 7.11 Å². The van der Waals surface area contributed by atoms with Crippen LogP contribution < -0.4 is 0 Å². The van der Waals surface area contributed by atoms with Crippen LogP contribution in [-0.4, -0.2) is 115 Å². The number of hydrogen-bond donors (Lipinski definition) is 0. The Hall–Kier alpha value is -0.930. The van der Waals surface area contributed by atoms with Crippen LogP contribution >= 0.6 is 0 Å². The Morgan fingerprint density at radius 2 is 1.66 bits per heavy atom. The van der Waals surface area contributed by atoms with E-state index in [1.165, 1.54) is 0 Å². The number of ether oxygens (including phenoxy) is 11. The standard InChI is InChI=1S/C23H40O12/c1-15(28-11-12-29-17(24)14-27-10-9-26-8-7-25-6)31-19-18(16-13-30-22(2,3)33-16)32-21-20(19)34-23(4,5)35-21/h15-16,18-21H,7-14H2,1-6H3/t15?,16?,18-,19+,20-,21-/m1/s1. The molecule has 12 heteroatoms. The van der Waals surface area contributed by atoms with Crippen molar-refractivity contribution in [2.45, 2.75) is 83.2 Å². The molecule has 3 aliphatic rings. The molecule has 3 rings (SSSR count). The van der Waals surface area contributed by atoms with Crippen molar-refractivity contribution in [2.24, 2.45) is 0 Å². The molecule has 3 saturated heterocycles. The largest absolute Gasteiger partial charge is 0.462 e. The Balaban J connectivity index is 1.36. The fourth-order valence-corrected chi connectivity index (χ4v) is 4.03. The molecule has 0 aromatic carbocycles. The lowest BCUT2D eigenvalue weighted by molar-refractivity contribution is -0.253. The molecule has 6 atom stereocenters. The Morgan fingerprint density at radius 1 is 0.914 bits per heavy atom. The summed E-state index contributed by atoms with van der Waals surface area (Å²) in [5.41, 5.74) is 0. The molecule has 204 valence electrons. The van der Waals surface area contributed by atoms with Gasteiger partial charge in [0.15, 0.2) is 24.2 Å². The van der Waals surface area contributed by atoms with Crippen molar-refractivity contribution in [3.63, 3.8) is 0 Å². The third kappa shape index (κ3) is 8.85. The second-order valence-electron chi connectivity index (χ2n) is 9.35. The first-order valence-corrected chi connectivity index (χ1v) is 12.0. The molecule has 0 aliphatic carbocycles. The highest BCUT2D eigenvalue weighted by Crippen LogP contribution is 2.42. The van der Waals surface area contributed by atoms with E-state index < -0.39 is 48.4 Å². The molecule has 0 aromatic heterocycles. The van der Waals surface area contributed by atoms with Crippen LogP contribution in [0.1, 0.15) is 34.6 Å². The third-order valence-electron chi connectivity index (χ3n) is 5.50. The van der Waals surface area contributed by atoms with E-state index >= 15 is 0 Å². The SMILES string of the molecule is COCCOCCOCC(=O)OCCOC(C)O[C@@H]1[C@H]2OC(C)(C)O[C@H]2O[C@@H]1C1COC(C)(C)O1. The number of carbonyl (C=O) groups excluding carboxylic acids is 1. The molecule has 3 aliphatic heterocycles. The van der Waals surface area contributed by atoms with Crippen LogP contribution in [0.25, 0.3) is 0 Å². The molecule has 12 nitrogen and oxygen atoms in total. The molecule has 0 aromatic rings. The molecule has 0 bridgehead atoms. The highest BCUT2D eigenvalue weighted by molar-refractivity contribution is 5.70. The van der Waals surface area contributed by atoms with Crippen molar-refractivity contribution in [1.82, 2.24) is 0 Å². The lowest BCUT2D eigenvalue weighted by Gasteiger charge is -2.30. The van der Waals surface area contributed by atoms with Crippen LogP contribution in [0, 0.1) is 0 Å². The minimum atomic E-state index is -0.787. The lowest BCUT2D eigenvalue weighted by atomic mass is 10.1. The summed E-state index contributed by atoms with van der Waals surface area (Å²) < 4.78 is 62.0. The summed E-state index contributed by atoms with van der Waals surface area (Å²) >= 11 is 0. The van der Waals surface area contributed by atoms with Gasteiger partial charge in [-0.1, -0.05) is 0 Å². The van der Waals surface area contributed by atoms with Crippen molar-refractivity contribution in [3.05, 3.63) is 0 Å².